The summed E-state index contributed by atoms with van der Waals surface area (Å²) in [5.74, 6) is -0.0481. The van der Waals surface area contributed by atoms with E-state index in [-0.39, 0.29) is 10.6 Å². The molecule has 33 heavy (non-hydrogen) atoms. The van der Waals surface area contributed by atoms with E-state index in [1.165, 1.54) is 18.2 Å². The molecule has 0 heterocycles. The van der Waals surface area contributed by atoms with Crippen molar-refractivity contribution in [3.8, 4) is 5.75 Å². The molecule has 168 valence electrons. The van der Waals surface area contributed by atoms with Crippen molar-refractivity contribution < 1.29 is 17.9 Å². The summed E-state index contributed by atoms with van der Waals surface area (Å²) in [5.41, 5.74) is 1.09. The van der Waals surface area contributed by atoms with E-state index in [4.69, 9.17) is 16.3 Å². The number of fused-ring (bicyclic) bond motifs is 1. The van der Waals surface area contributed by atoms with Crippen LogP contribution in [0.15, 0.2) is 89.8 Å². The summed E-state index contributed by atoms with van der Waals surface area (Å²) in [5, 5.41) is 4.95. The van der Waals surface area contributed by atoms with E-state index < -0.39 is 15.9 Å². The first-order valence-corrected chi connectivity index (χ1v) is 12.1. The summed E-state index contributed by atoms with van der Waals surface area (Å²) in [6.45, 7) is 2.15. The Morgan fingerprint density at radius 2 is 1.64 bits per heavy atom. The maximum Gasteiger partial charge on any atom is 0.261 e. The third kappa shape index (κ3) is 5.10. The van der Waals surface area contributed by atoms with Crippen LogP contribution >= 0.6 is 11.6 Å². The molecule has 4 aromatic rings. The second-order valence-electron chi connectivity index (χ2n) is 7.18. The van der Waals surface area contributed by atoms with E-state index in [2.05, 4.69) is 10.0 Å². The van der Waals surface area contributed by atoms with Crippen LogP contribution in [-0.4, -0.2) is 20.9 Å². The normalized spacial score (nSPS) is 11.2. The number of carbonyl (C=O) groups excluding carboxylic acids is 1. The summed E-state index contributed by atoms with van der Waals surface area (Å²) >= 11 is 5.89. The van der Waals surface area contributed by atoms with Gasteiger partial charge >= 0.3 is 0 Å². The van der Waals surface area contributed by atoms with Crippen LogP contribution in [0, 0.1) is 0 Å². The molecule has 0 atom stereocenters. The molecule has 0 aromatic heterocycles. The Hall–Kier alpha value is -3.55. The van der Waals surface area contributed by atoms with E-state index in [9.17, 15) is 13.2 Å². The van der Waals surface area contributed by atoms with E-state index in [0.717, 1.165) is 10.8 Å². The van der Waals surface area contributed by atoms with Crippen LogP contribution in [0.2, 0.25) is 5.02 Å². The van der Waals surface area contributed by atoms with Gasteiger partial charge in [0.2, 0.25) is 0 Å². The topological polar surface area (TPSA) is 84.5 Å². The number of carbonyl (C=O) groups is 1. The Labute approximate surface area is 197 Å². The Bertz CT molecular complexity index is 1420. The molecule has 0 aliphatic carbocycles. The summed E-state index contributed by atoms with van der Waals surface area (Å²) in [6, 6.07) is 23.6. The molecule has 0 fully saturated rings. The Balaban J connectivity index is 1.67. The molecule has 0 radical (unpaired) electrons. The molecule has 1 amide bonds. The molecule has 2 N–H and O–H groups in total. The van der Waals surface area contributed by atoms with E-state index in [1.54, 1.807) is 43.3 Å². The van der Waals surface area contributed by atoms with Gasteiger partial charge in [0, 0.05) is 16.0 Å². The van der Waals surface area contributed by atoms with Crippen LogP contribution in [0.1, 0.15) is 17.3 Å². The van der Waals surface area contributed by atoms with Crippen molar-refractivity contribution in [1.82, 2.24) is 0 Å². The maximum atomic E-state index is 13.2. The number of amides is 1. The number of halogens is 1. The molecule has 0 aliphatic rings. The molecule has 0 saturated heterocycles. The highest BCUT2D eigenvalue weighted by molar-refractivity contribution is 7.92. The molecule has 4 aromatic carbocycles. The van der Waals surface area contributed by atoms with Gasteiger partial charge in [0.25, 0.3) is 15.9 Å². The minimum absolute atomic E-state index is 0.00899. The maximum absolute atomic E-state index is 13.2. The van der Waals surface area contributed by atoms with Crippen molar-refractivity contribution in [3.63, 3.8) is 0 Å². The second kappa shape index (κ2) is 9.52. The van der Waals surface area contributed by atoms with Crippen molar-refractivity contribution in [1.29, 1.82) is 0 Å². The average molecular weight is 481 g/mol. The summed E-state index contributed by atoms with van der Waals surface area (Å²) < 4.78 is 34.6. The van der Waals surface area contributed by atoms with Crippen molar-refractivity contribution in [2.24, 2.45) is 0 Å². The highest BCUT2D eigenvalue weighted by Crippen LogP contribution is 2.31. The number of rotatable bonds is 7. The van der Waals surface area contributed by atoms with E-state index >= 15 is 0 Å². The third-order valence-electron chi connectivity index (χ3n) is 4.95. The minimum atomic E-state index is -3.94. The van der Waals surface area contributed by atoms with Crippen molar-refractivity contribution in [2.45, 2.75) is 11.8 Å². The molecule has 0 aliphatic heterocycles. The van der Waals surface area contributed by atoms with Gasteiger partial charge in [0.15, 0.2) is 0 Å². The zero-order chi connectivity index (χ0) is 23.4. The smallest absolute Gasteiger partial charge is 0.261 e. The van der Waals surface area contributed by atoms with Crippen molar-refractivity contribution in [2.75, 3.05) is 16.6 Å². The third-order valence-corrected chi connectivity index (χ3v) is 6.56. The van der Waals surface area contributed by atoms with Gasteiger partial charge in [0.1, 0.15) is 5.75 Å². The lowest BCUT2D eigenvalue weighted by molar-refractivity contribution is 0.102. The minimum Gasteiger partial charge on any atom is -0.492 e. The van der Waals surface area contributed by atoms with Crippen molar-refractivity contribution >= 4 is 49.7 Å². The Morgan fingerprint density at radius 3 is 2.39 bits per heavy atom. The lowest BCUT2D eigenvalue weighted by Gasteiger charge is -2.15. The quantitative estimate of drug-likeness (QED) is 0.342. The number of hydrogen-bond acceptors (Lipinski definition) is 4. The van der Waals surface area contributed by atoms with E-state index in [1.807, 2.05) is 30.3 Å². The number of anilines is 2. The molecule has 0 unspecified atom stereocenters. The number of nitrogens with one attached hydrogen (secondary N) is 2. The number of hydrogen-bond donors (Lipinski definition) is 2. The standard InChI is InChI=1S/C25H21ClN2O4S/c1-2-32-24-15-14-20(16-23(24)27-25(29)18-10-12-19(26)13-11-18)33(30,31)28-22-9-5-7-17-6-3-4-8-21(17)22/h3-16,28H,2H2,1H3,(H,27,29). The monoisotopic (exact) mass is 480 g/mol. The fraction of sp³-hybridized carbons (Fsp3) is 0.0800. The molecule has 0 spiro atoms. The van der Waals surface area contributed by atoms with Crippen LogP contribution in [0.25, 0.3) is 10.8 Å². The van der Waals surface area contributed by atoms with Gasteiger partial charge in [-0.3, -0.25) is 9.52 Å². The summed E-state index contributed by atoms with van der Waals surface area (Å²) in [6.07, 6.45) is 0. The van der Waals surface area contributed by atoms with Crippen LogP contribution in [0.4, 0.5) is 11.4 Å². The van der Waals surface area contributed by atoms with Crippen molar-refractivity contribution in [3.05, 3.63) is 95.5 Å². The van der Waals surface area contributed by atoms with Crippen LogP contribution in [0.3, 0.4) is 0 Å². The van der Waals surface area contributed by atoms with Gasteiger partial charge in [0.05, 0.1) is 22.9 Å². The molecule has 4 rings (SSSR count). The average Bonchev–Trinajstić information content (AvgIpc) is 2.81. The van der Waals surface area contributed by atoms with Gasteiger partial charge in [-0.05, 0) is 60.8 Å². The Kier molecular flexibility index (Phi) is 6.53. The van der Waals surface area contributed by atoms with Gasteiger partial charge in [-0.15, -0.1) is 0 Å². The predicted molar refractivity (Wildman–Crippen MR) is 132 cm³/mol. The Morgan fingerprint density at radius 1 is 0.909 bits per heavy atom. The molecule has 8 heteroatoms. The highest BCUT2D eigenvalue weighted by atomic mass is 35.5. The molecule has 0 bridgehead atoms. The number of benzene rings is 4. The number of ether oxygens (including phenoxy) is 1. The first kappa shape index (κ1) is 22.6. The second-order valence-corrected chi connectivity index (χ2v) is 9.30. The largest absolute Gasteiger partial charge is 0.492 e. The van der Waals surface area contributed by atoms with Crippen LogP contribution in [0.5, 0.6) is 5.75 Å². The first-order valence-electron chi connectivity index (χ1n) is 10.2. The fourth-order valence-electron chi connectivity index (χ4n) is 3.37. The molecule has 0 saturated carbocycles. The van der Waals surface area contributed by atoms with Crippen LogP contribution in [-0.2, 0) is 10.0 Å². The van der Waals surface area contributed by atoms with Crippen LogP contribution < -0.4 is 14.8 Å². The van der Waals surface area contributed by atoms with E-state index in [0.29, 0.717) is 28.6 Å². The lowest BCUT2D eigenvalue weighted by atomic mass is 10.1. The number of sulfonamides is 1. The molecular weight excluding hydrogens is 460 g/mol. The van der Waals surface area contributed by atoms with Gasteiger partial charge < -0.3 is 10.1 Å². The fourth-order valence-corrected chi connectivity index (χ4v) is 4.60. The zero-order valence-corrected chi connectivity index (χ0v) is 19.3. The summed E-state index contributed by atoms with van der Waals surface area (Å²) in [4.78, 5) is 12.7. The zero-order valence-electron chi connectivity index (χ0n) is 17.7. The molecular formula is C25H21ClN2O4S. The molecule has 6 nitrogen and oxygen atoms in total. The van der Waals surface area contributed by atoms with Gasteiger partial charge in [-0.1, -0.05) is 48.0 Å². The van der Waals surface area contributed by atoms with Gasteiger partial charge in [-0.2, -0.15) is 0 Å². The lowest BCUT2D eigenvalue weighted by Crippen LogP contribution is -2.16. The highest BCUT2D eigenvalue weighted by Gasteiger charge is 2.19. The first-order chi connectivity index (χ1) is 15.9. The predicted octanol–water partition coefficient (Wildman–Crippen LogP) is 5.95. The van der Waals surface area contributed by atoms with Gasteiger partial charge in [-0.25, -0.2) is 8.42 Å². The SMILES string of the molecule is CCOc1ccc(S(=O)(=O)Nc2cccc3ccccc23)cc1NC(=O)c1ccc(Cl)cc1. The summed E-state index contributed by atoms with van der Waals surface area (Å²) in [7, 11) is -3.94.